The quantitative estimate of drug-likeness (QED) is 0.128. The smallest absolute Gasteiger partial charge is 0.509 e. The number of para-hydroxylation sites is 3. The van der Waals surface area contributed by atoms with Crippen LogP contribution in [-0.4, -0.2) is 15.6 Å². The molecule has 7 aromatic rings. The predicted molar refractivity (Wildman–Crippen MR) is 201 cm³/mol. The number of aromatic nitrogens is 2. The van der Waals surface area contributed by atoms with Crippen LogP contribution in [-0.2, 0) is 31.9 Å². The molecule has 0 bridgehead atoms. The zero-order valence-corrected chi connectivity index (χ0v) is 31.3. The molecule has 8 rings (SSSR count). The second kappa shape index (κ2) is 12.7. The zero-order chi connectivity index (χ0) is 33.9. The van der Waals surface area contributed by atoms with Crippen LogP contribution in [0, 0.1) is 12.1 Å². The largest absolute Gasteiger partial charge is 2.00 e. The fourth-order valence-corrected chi connectivity index (χ4v) is 6.46. The first-order valence-corrected chi connectivity index (χ1v) is 16.7. The Balaban J connectivity index is 0.00000392. The van der Waals surface area contributed by atoms with Crippen molar-refractivity contribution in [3.05, 3.63) is 145 Å². The maximum atomic E-state index is 6.48. The Morgan fingerprint density at radius 2 is 1.32 bits per heavy atom. The number of nitrogens with zero attached hydrogens (tertiary/aromatic N) is 4. The van der Waals surface area contributed by atoms with Crippen molar-refractivity contribution < 1.29 is 25.8 Å². The van der Waals surface area contributed by atoms with Gasteiger partial charge in [-0.25, -0.2) is 4.98 Å². The van der Waals surface area contributed by atoms with Crippen LogP contribution in [0.25, 0.3) is 27.6 Å². The number of ether oxygens (including phenoxy) is 1. The molecule has 3 heterocycles. The van der Waals surface area contributed by atoms with Crippen LogP contribution in [0.1, 0.15) is 52.7 Å². The normalized spacial score (nSPS) is 12.8. The first kappa shape index (κ1) is 33.4. The molecule has 0 unspecified atom stereocenters. The summed E-state index contributed by atoms with van der Waals surface area (Å²) in [6.07, 6.45) is 1.89. The first-order valence-electron chi connectivity index (χ1n) is 16.7. The molecule has 1 aliphatic rings. The molecule has 6 heteroatoms. The molecule has 5 aromatic carbocycles. The minimum atomic E-state index is -0.00604. The van der Waals surface area contributed by atoms with Crippen molar-refractivity contribution in [2.45, 2.75) is 52.4 Å². The number of hydrogen-bond acceptors (Lipinski definition) is 2. The summed E-state index contributed by atoms with van der Waals surface area (Å²) in [6, 6.07) is 50.4. The Morgan fingerprint density at radius 3 is 2.06 bits per heavy atom. The Hall–Kier alpha value is -5.08. The summed E-state index contributed by atoms with van der Waals surface area (Å²) in [5.74, 6) is 2.06. The van der Waals surface area contributed by atoms with Crippen LogP contribution in [0.2, 0.25) is 0 Å². The van der Waals surface area contributed by atoms with E-state index in [9.17, 15) is 0 Å². The van der Waals surface area contributed by atoms with Crippen LogP contribution in [0.15, 0.2) is 121 Å². The second-order valence-corrected chi connectivity index (χ2v) is 14.6. The Labute approximate surface area is 308 Å². The number of hydrogen-bond donors (Lipinski definition) is 0. The maximum absolute atomic E-state index is 6.48. The van der Waals surface area contributed by atoms with E-state index < -0.39 is 0 Å². The van der Waals surface area contributed by atoms with Crippen LogP contribution in [0.5, 0.6) is 11.5 Å². The Kier molecular flexibility index (Phi) is 8.47. The van der Waals surface area contributed by atoms with Gasteiger partial charge in [0.25, 0.3) is 11.4 Å². The summed E-state index contributed by atoms with van der Waals surface area (Å²) in [5.41, 5.74) is 8.56. The first-order chi connectivity index (χ1) is 23.5. The minimum absolute atomic E-state index is 0. The molecule has 0 atom stereocenters. The molecule has 0 radical (unpaired) electrons. The van der Waals surface area contributed by atoms with E-state index in [-0.39, 0.29) is 31.9 Å². The van der Waals surface area contributed by atoms with Gasteiger partial charge in [0.05, 0.1) is 0 Å². The van der Waals surface area contributed by atoms with Crippen LogP contribution < -0.4 is 13.9 Å². The molecule has 0 fully saturated rings. The van der Waals surface area contributed by atoms with Gasteiger partial charge in [0.2, 0.25) is 5.69 Å². The molecule has 0 N–H and O–H groups in total. The summed E-state index contributed by atoms with van der Waals surface area (Å²) in [4.78, 5) is 4.81. The summed E-state index contributed by atoms with van der Waals surface area (Å²) in [6.45, 7) is 13.4. The monoisotopic (exact) mass is 833 g/mol. The molecule has 0 spiro atoms. The summed E-state index contributed by atoms with van der Waals surface area (Å²) < 4.78 is 12.8. The fourth-order valence-electron chi connectivity index (χ4n) is 6.46. The summed E-state index contributed by atoms with van der Waals surface area (Å²) in [5, 5.41) is 2.24. The average molecular weight is 834 g/mol. The van der Waals surface area contributed by atoms with Gasteiger partial charge in [-0.05, 0) is 50.1 Å². The van der Waals surface area contributed by atoms with E-state index in [1.165, 1.54) is 11.1 Å². The number of pyridine rings is 1. The van der Waals surface area contributed by atoms with Gasteiger partial charge in [-0.15, -0.1) is 23.6 Å². The van der Waals surface area contributed by atoms with Crippen molar-refractivity contribution in [2.24, 2.45) is 0 Å². The number of benzene rings is 5. The Bertz CT molecular complexity index is 2470. The van der Waals surface area contributed by atoms with E-state index in [4.69, 9.17) is 9.72 Å². The van der Waals surface area contributed by atoms with Crippen molar-refractivity contribution in [3.63, 3.8) is 0 Å². The predicted octanol–water partition coefficient (Wildman–Crippen LogP) is 11.0. The third kappa shape index (κ3) is 6.02. The van der Waals surface area contributed by atoms with E-state index in [2.05, 4.69) is 160 Å². The minimum Gasteiger partial charge on any atom is -0.509 e. The molecule has 2 aromatic heterocycles. The molecule has 248 valence electrons. The SMILES string of the molecule is CC(C)(C)c1ccc([N+]2=C=[N+](c3[c-]c(Oc4[c-]c5c(cc4)c4ccccc4n5-c4cc(C(C)(C)C)ccn4)ccc3)c3ccccc32)cc1.[Pt+2]. The van der Waals surface area contributed by atoms with Gasteiger partial charge < -0.3 is 9.30 Å². The van der Waals surface area contributed by atoms with E-state index in [0.717, 1.165) is 50.4 Å². The maximum Gasteiger partial charge on any atom is 2.00 e. The second-order valence-electron chi connectivity index (χ2n) is 14.6. The van der Waals surface area contributed by atoms with Gasteiger partial charge in [-0.3, -0.25) is 0 Å². The van der Waals surface area contributed by atoms with Crippen molar-refractivity contribution in [1.82, 2.24) is 18.7 Å². The standard InChI is InChI=1S/C44H38N4O.Pt/c1-43(2,3)30-18-20-32(21-19-30)46-29-47(40-17-10-9-16-39(40)46)33-12-11-13-34(27-33)49-35-22-23-37-36-14-7-8-15-38(36)48(41(37)28-35)42-26-31(24-25-45-42)44(4,5)6;/h7-26H,1-6H3;/q;+2. The topological polar surface area (TPSA) is 33.1 Å². The van der Waals surface area contributed by atoms with Crippen molar-refractivity contribution >= 4 is 50.6 Å². The average Bonchev–Trinajstić information content (AvgIpc) is 3.64. The van der Waals surface area contributed by atoms with Crippen molar-refractivity contribution in [2.75, 3.05) is 0 Å². The van der Waals surface area contributed by atoms with E-state index >= 15 is 0 Å². The van der Waals surface area contributed by atoms with Crippen molar-refractivity contribution in [3.8, 4) is 17.3 Å². The van der Waals surface area contributed by atoms with Crippen LogP contribution in [0.3, 0.4) is 0 Å². The number of fused-ring (bicyclic) bond motifs is 4. The molecule has 0 saturated carbocycles. The number of rotatable bonds is 5. The molecule has 5 nitrogen and oxygen atoms in total. The van der Waals surface area contributed by atoms with Crippen molar-refractivity contribution in [1.29, 1.82) is 0 Å². The van der Waals surface area contributed by atoms with Crippen LogP contribution in [0.4, 0.5) is 22.7 Å². The molecular formula is C44H38N4OPt+2. The Morgan fingerprint density at radius 1 is 0.640 bits per heavy atom. The van der Waals surface area contributed by atoms with Gasteiger partial charge in [0.1, 0.15) is 11.5 Å². The molecule has 0 aliphatic carbocycles. The van der Waals surface area contributed by atoms with Gasteiger partial charge in [0, 0.05) is 47.5 Å². The molecule has 0 saturated heterocycles. The zero-order valence-electron chi connectivity index (χ0n) is 29.1. The van der Waals surface area contributed by atoms with Gasteiger partial charge in [-0.1, -0.05) is 106 Å². The summed E-state index contributed by atoms with van der Waals surface area (Å²) >= 11 is 0. The summed E-state index contributed by atoms with van der Waals surface area (Å²) in [7, 11) is 0. The molecule has 0 amide bonds. The van der Waals surface area contributed by atoms with E-state index in [1.54, 1.807) is 0 Å². The van der Waals surface area contributed by atoms with E-state index in [0.29, 0.717) is 11.5 Å². The van der Waals surface area contributed by atoms with E-state index in [1.807, 2.05) is 35.0 Å². The van der Waals surface area contributed by atoms with Crippen LogP contribution >= 0.6 is 0 Å². The molecular weight excluding hydrogens is 796 g/mol. The fraction of sp³-hybridized carbons (Fsp3) is 0.182. The molecule has 50 heavy (non-hydrogen) atoms. The molecule has 1 aliphatic heterocycles. The van der Waals surface area contributed by atoms with Gasteiger partial charge in [-0.2, -0.15) is 12.1 Å². The van der Waals surface area contributed by atoms with Gasteiger partial charge in [0.15, 0.2) is 0 Å². The third-order valence-electron chi connectivity index (χ3n) is 9.17. The third-order valence-corrected chi connectivity index (χ3v) is 9.17. The van der Waals surface area contributed by atoms with Gasteiger partial charge >= 0.3 is 27.1 Å².